The van der Waals surface area contributed by atoms with E-state index in [2.05, 4.69) is 13.0 Å². The van der Waals surface area contributed by atoms with Crippen molar-refractivity contribution in [3.63, 3.8) is 0 Å². The summed E-state index contributed by atoms with van der Waals surface area (Å²) in [4.78, 5) is 12.4. The lowest BCUT2D eigenvalue weighted by molar-refractivity contribution is 0.103. The van der Waals surface area contributed by atoms with Gasteiger partial charge in [-0.3, -0.25) is 4.79 Å². The van der Waals surface area contributed by atoms with E-state index in [0.717, 1.165) is 11.3 Å². The van der Waals surface area contributed by atoms with Gasteiger partial charge in [-0.25, -0.2) is 0 Å². The highest BCUT2D eigenvalue weighted by molar-refractivity contribution is 6.30. The molecule has 2 nitrogen and oxygen atoms in total. The lowest BCUT2D eigenvalue weighted by atomic mass is 10.0. The topological polar surface area (TPSA) is 26.3 Å². The van der Waals surface area contributed by atoms with E-state index in [1.54, 1.807) is 36.4 Å². The number of ketones is 1. The van der Waals surface area contributed by atoms with Gasteiger partial charge in [0.15, 0.2) is 5.78 Å². The normalized spacial score (nSPS) is 10.4. The second-order valence-electron chi connectivity index (χ2n) is 5.58. The van der Waals surface area contributed by atoms with E-state index >= 15 is 0 Å². The summed E-state index contributed by atoms with van der Waals surface area (Å²) in [5, 5.41) is 0.617. The summed E-state index contributed by atoms with van der Waals surface area (Å²) >= 11 is 5.85. The van der Waals surface area contributed by atoms with Gasteiger partial charge in [0.05, 0.1) is 0 Å². The van der Waals surface area contributed by atoms with E-state index in [4.69, 9.17) is 16.3 Å². The van der Waals surface area contributed by atoms with Crippen LogP contribution in [0.4, 0.5) is 0 Å². The Kier molecular flexibility index (Phi) is 4.97. The van der Waals surface area contributed by atoms with Crippen LogP contribution in [0.1, 0.15) is 27.0 Å². The highest BCUT2D eigenvalue weighted by atomic mass is 35.5. The van der Waals surface area contributed by atoms with E-state index < -0.39 is 0 Å². The van der Waals surface area contributed by atoms with Gasteiger partial charge >= 0.3 is 0 Å². The van der Waals surface area contributed by atoms with Gasteiger partial charge in [0.2, 0.25) is 0 Å². The van der Waals surface area contributed by atoms with Crippen LogP contribution in [0.25, 0.3) is 0 Å². The number of hydrogen-bond acceptors (Lipinski definition) is 2. The van der Waals surface area contributed by atoms with Gasteiger partial charge in [0.1, 0.15) is 12.4 Å². The molecule has 0 saturated carbocycles. The average molecular weight is 337 g/mol. The number of halogens is 1. The molecular formula is C21H17ClO2. The van der Waals surface area contributed by atoms with Gasteiger partial charge in [0.25, 0.3) is 0 Å². The van der Waals surface area contributed by atoms with Gasteiger partial charge in [-0.1, -0.05) is 35.9 Å². The van der Waals surface area contributed by atoms with Gasteiger partial charge in [-0.15, -0.1) is 0 Å². The molecule has 0 aromatic heterocycles. The molecule has 24 heavy (non-hydrogen) atoms. The van der Waals surface area contributed by atoms with Crippen molar-refractivity contribution in [2.24, 2.45) is 0 Å². The number of aryl methyl sites for hydroxylation is 1. The Hall–Kier alpha value is -2.58. The van der Waals surface area contributed by atoms with E-state index in [0.29, 0.717) is 22.8 Å². The fourth-order valence-corrected chi connectivity index (χ4v) is 2.53. The summed E-state index contributed by atoms with van der Waals surface area (Å²) in [6, 6.07) is 22.2. The molecule has 0 radical (unpaired) electrons. The molecule has 3 heteroatoms. The van der Waals surface area contributed by atoms with E-state index in [-0.39, 0.29) is 5.78 Å². The van der Waals surface area contributed by atoms with Crippen molar-refractivity contribution in [1.29, 1.82) is 0 Å². The minimum Gasteiger partial charge on any atom is -0.489 e. The number of ether oxygens (including phenoxy) is 1. The molecule has 3 aromatic rings. The highest BCUT2D eigenvalue weighted by Crippen LogP contribution is 2.18. The third-order valence-corrected chi connectivity index (χ3v) is 4.13. The predicted molar refractivity (Wildman–Crippen MR) is 96.8 cm³/mol. The number of rotatable bonds is 5. The SMILES string of the molecule is Cc1ccccc1COc1ccc(C(=O)c2ccc(Cl)cc2)cc1. The highest BCUT2D eigenvalue weighted by Gasteiger charge is 2.09. The van der Waals surface area contributed by atoms with Crippen molar-refractivity contribution in [3.8, 4) is 5.75 Å². The number of carbonyl (C=O) groups is 1. The van der Waals surface area contributed by atoms with Gasteiger partial charge < -0.3 is 4.74 Å². The third kappa shape index (κ3) is 3.84. The summed E-state index contributed by atoms with van der Waals surface area (Å²) in [6.07, 6.45) is 0. The minimum atomic E-state index is -0.0304. The molecule has 0 bridgehead atoms. The minimum absolute atomic E-state index is 0.0304. The average Bonchev–Trinajstić information content (AvgIpc) is 2.62. The Morgan fingerprint density at radius 1 is 0.875 bits per heavy atom. The zero-order chi connectivity index (χ0) is 16.9. The molecule has 120 valence electrons. The third-order valence-electron chi connectivity index (χ3n) is 3.88. The van der Waals surface area contributed by atoms with Crippen LogP contribution in [0.5, 0.6) is 5.75 Å². The van der Waals surface area contributed by atoms with Crippen LogP contribution in [-0.4, -0.2) is 5.78 Å². The lowest BCUT2D eigenvalue weighted by Gasteiger charge is -2.09. The summed E-state index contributed by atoms with van der Waals surface area (Å²) in [7, 11) is 0. The Morgan fingerprint density at radius 2 is 1.46 bits per heavy atom. The maximum absolute atomic E-state index is 12.4. The molecule has 3 rings (SSSR count). The Balaban J connectivity index is 1.68. The predicted octanol–water partition coefficient (Wildman–Crippen LogP) is 5.46. The molecule has 0 atom stereocenters. The number of hydrogen-bond donors (Lipinski definition) is 0. The largest absolute Gasteiger partial charge is 0.489 e. The van der Waals surface area contributed by atoms with Crippen molar-refractivity contribution >= 4 is 17.4 Å². The van der Waals surface area contributed by atoms with Crippen molar-refractivity contribution in [1.82, 2.24) is 0 Å². The first-order valence-electron chi connectivity index (χ1n) is 7.71. The Labute approximate surface area is 146 Å². The fraction of sp³-hybridized carbons (Fsp3) is 0.0952. The number of benzene rings is 3. The van der Waals surface area contributed by atoms with Crippen molar-refractivity contribution in [2.45, 2.75) is 13.5 Å². The summed E-state index contributed by atoms with van der Waals surface area (Å²) in [5.41, 5.74) is 3.60. The summed E-state index contributed by atoms with van der Waals surface area (Å²) in [5.74, 6) is 0.711. The van der Waals surface area contributed by atoms with E-state index in [1.807, 2.05) is 30.3 Å². The van der Waals surface area contributed by atoms with Gasteiger partial charge in [-0.2, -0.15) is 0 Å². The maximum Gasteiger partial charge on any atom is 0.193 e. The van der Waals surface area contributed by atoms with Crippen LogP contribution < -0.4 is 4.74 Å². The molecule has 0 fully saturated rings. The Bertz CT molecular complexity index is 836. The maximum atomic E-state index is 12.4. The molecule has 0 amide bonds. The first kappa shape index (κ1) is 16.3. The summed E-state index contributed by atoms with van der Waals surface area (Å²) in [6.45, 7) is 2.57. The van der Waals surface area contributed by atoms with Gasteiger partial charge in [0, 0.05) is 16.1 Å². The second kappa shape index (κ2) is 7.33. The molecule has 3 aromatic carbocycles. The molecule has 0 aliphatic rings. The van der Waals surface area contributed by atoms with Crippen LogP contribution in [0.2, 0.25) is 5.02 Å². The second-order valence-corrected chi connectivity index (χ2v) is 6.01. The molecule has 0 unspecified atom stereocenters. The van der Waals surface area contributed by atoms with Crippen LogP contribution >= 0.6 is 11.6 Å². The zero-order valence-corrected chi connectivity index (χ0v) is 14.1. The van der Waals surface area contributed by atoms with E-state index in [1.165, 1.54) is 5.56 Å². The quantitative estimate of drug-likeness (QED) is 0.578. The number of carbonyl (C=O) groups excluding carboxylic acids is 1. The van der Waals surface area contributed by atoms with Crippen molar-refractivity contribution in [2.75, 3.05) is 0 Å². The van der Waals surface area contributed by atoms with Crippen LogP contribution in [-0.2, 0) is 6.61 Å². The molecule has 0 aliphatic heterocycles. The van der Waals surface area contributed by atoms with E-state index in [9.17, 15) is 4.79 Å². The fourth-order valence-electron chi connectivity index (χ4n) is 2.40. The van der Waals surface area contributed by atoms with Crippen molar-refractivity contribution < 1.29 is 9.53 Å². The molecule has 0 N–H and O–H groups in total. The monoisotopic (exact) mass is 336 g/mol. The molecule has 0 aliphatic carbocycles. The van der Waals surface area contributed by atoms with Crippen molar-refractivity contribution in [3.05, 3.63) is 100 Å². The van der Waals surface area contributed by atoms with Crippen LogP contribution in [0, 0.1) is 6.92 Å². The molecule has 0 heterocycles. The van der Waals surface area contributed by atoms with Gasteiger partial charge in [-0.05, 0) is 66.6 Å². The lowest BCUT2D eigenvalue weighted by Crippen LogP contribution is -2.01. The Morgan fingerprint density at radius 3 is 2.08 bits per heavy atom. The smallest absolute Gasteiger partial charge is 0.193 e. The van der Waals surface area contributed by atoms with Crippen LogP contribution in [0.3, 0.4) is 0 Å². The summed E-state index contributed by atoms with van der Waals surface area (Å²) < 4.78 is 5.80. The molecule has 0 saturated heterocycles. The van der Waals surface area contributed by atoms with Crippen LogP contribution in [0.15, 0.2) is 72.8 Å². The first-order chi connectivity index (χ1) is 11.6. The standard InChI is InChI=1S/C21H17ClO2/c1-15-4-2-3-5-18(15)14-24-20-12-8-17(9-13-20)21(23)16-6-10-19(22)11-7-16/h2-13H,14H2,1H3. The zero-order valence-electron chi connectivity index (χ0n) is 13.3. The first-order valence-corrected chi connectivity index (χ1v) is 8.09. The molecule has 0 spiro atoms. The molecular weight excluding hydrogens is 320 g/mol.